The molecule has 1 atom stereocenters. The molecule has 1 unspecified atom stereocenters. The smallest absolute Gasteiger partial charge is 0.242 e. The van der Waals surface area contributed by atoms with Gasteiger partial charge in [-0.15, -0.1) is 0 Å². The van der Waals surface area contributed by atoms with Crippen LogP contribution in [0, 0.1) is 5.82 Å². The third-order valence-electron chi connectivity index (χ3n) is 3.40. The van der Waals surface area contributed by atoms with E-state index >= 15 is 0 Å². The Morgan fingerprint density at radius 3 is 2.74 bits per heavy atom. The standard InChI is InChI=1S/C14H18ClFN2O/c1-9(14(19)18-10-4-2-3-5-10)17-11-6-7-13(16)12(15)8-11/h6-10,17H,2-5H2,1H3,(H,18,19). The van der Waals surface area contributed by atoms with Crippen molar-refractivity contribution < 1.29 is 9.18 Å². The first-order chi connectivity index (χ1) is 9.06. The van der Waals surface area contributed by atoms with E-state index in [1.54, 1.807) is 13.0 Å². The van der Waals surface area contributed by atoms with E-state index in [-0.39, 0.29) is 17.0 Å². The highest BCUT2D eigenvalue weighted by Crippen LogP contribution is 2.20. The van der Waals surface area contributed by atoms with E-state index in [9.17, 15) is 9.18 Å². The zero-order valence-electron chi connectivity index (χ0n) is 10.9. The first-order valence-electron chi connectivity index (χ1n) is 6.58. The minimum atomic E-state index is -0.463. The summed E-state index contributed by atoms with van der Waals surface area (Å²) in [5, 5.41) is 6.09. The van der Waals surface area contributed by atoms with E-state index < -0.39 is 5.82 Å². The monoisotopic (exact) mass is 284 g/mol. The summed E-state index contributed by atoms with van der Waals surface area (Å²) in [4.78, 5) is 12.0. The van der Waals surface area contributed by atoms with Gasteiger partial charge in [-0.2, -0.15) is 0 Å². The minimum absolute atomic E-state index is 0.0349. The molecule has 0 radical (unpaired) electrons. The fourth-order valence-electron chi connectivity index (χ4n) is 2.30. The van der Waals surface area contributed by atoms with Gasteiger partial charge in [0.2, 0.25) is 5.91 Å². The Balaban J connectivity index is 1.90. The molecule has 3 nitrogen and oxygen atoms in total. The van der Waals surface area contributed by atoms with Crippen LogP contribution in [0.3, 0.4) is 0 Å². The van der Waals surface area contributed by atoms with Crippen molar-refractivity contribution in [1.82, 2.24) is 5.32 Å². The maximum absolute atomic E-state index is 13.0. The summed E-state index contributed by atoms with van der Waals surface area (Å²) < 4.78 is 13.0. The third-order valence-corrected chi connectivity index (χ3v) is 3.69. The molecule has 1 aliphatic carbocycles. The van der Waals surface area contributed by atoms with Crippen LogP contribution in [0.1, 0.15) is 32.6 Å². The fraction of sp³-hybridized carbons (Fsp3) is 0.500. The van der Waals surface area contributed by atoms with Crippen LogP contribution in [-0.2, 0) is 4.79 Å². The zero-order valence-corrected chi connectivity index (χ0v) is 11.6. The summed E-state index contributed by atoms with van der Waals surface area (Å²) in [6, 6.07) is 4.26. The first-order valence-corrected chi connectivity index (χ1v) is 6.96. The number of anilines is 1. The van der Waals surface area contributed by atoms with Crippen LogP contribution in [0.2, 0.25) is 5.02 Å². The molecule has 0 saturated heterocycles. The highest BCUT2D eigenvalue weighted by atomic mass is 35.5. The van der Waals surface area contributed by atoms with E-state index in [2.05, 4.69) is 10.6 Å². The summed E-state index contributed by atoms with van der Waals surface area (Å²) in [6.07, 6.45) is 4.47. The van der Waals surface area contributed by atoms with Gasteiger partial charge in [0.1, 0.15) is 11.9 Å². The summed E-state index contributed by atoms with van der Waals surface area (Å²) in [6.45, 7) is 1.78. The third kappa shape index (κ3) is 3.83. The second-order valence-electron chi connectivity index (χ2n) is 4.98. The van der Waals surface area contributed by atoms with E-state index in [1.807, 2.05) is 0 Å². The van der Waals surface area contributed by atoms with Crippen molar-refractivity contribution in [2.75, 3.05) is 5.32 Å². The second-order valence-corrected chi connectivity index (χ2v) is 5.39. The minimum Gasteiger partial charge on any atom is -0.374 e. The molecule has 1 aliphatic rings. The van der Waals surface area contributed by atoms with Gasteiger partial charge in [0, 0.05) is 11.7 Å². The van der Waals surface area contributed by atoms with Gasteiger partial charge >= 0.3 is 0 Å². The molecular formula is C14H18ClFN2O. The highest BCUT2D eigenvalue weighted by molar-refractivity contribution is 6.31. The van der Waals surface area contributed by atoms with E-state index in [4.69, 9.17) is 11.6 Å². The topological polar surface area (TPSA) is 41.1 Å². The van der Waals surface area contributed by atoms with Gasteiger partial charge in [0.05, 0.1) is 5.02 Å². The molecule has 0 aromatic heterocycles. The molecule has 2 N–H and O–H groups in total. The number of benzene rings is 1. The van der Waals surface area contributed by atoms with Crippen LogP contribution in [0.5, 0.6) is 0 Å². The predicted molar refractivity (Wildman–Crippen MR) is 74.9 cm³/mol. The Kier molecular flexibility index (Phi) is 4.64. The van der Waals surface area contributed by atoms with Gasteiger partial charge in [-0.05, 0) is 38.0 Å². The number of halogens is 2. The number of hydrogen-bond donors (Lipinski definition) is 2. The molecule has 104 valence electrons. The molecule has 0 spiro atoms. The van der Waals surface area contributed by atoms with Crippen molar-refractivity contribution >= 4 is 23.2 Å². The summed E-state index contributed by atoms with van der Waals surface area (Å²) in [5.41, 5.74) is 0.639. The lowest BCUT2D eigenvalue weighted by Crippen LogP contribution is -2.42. The molecule has 1 amide bonds. The highest BCUT2D eigenvalue weighted by Gasteiger charge is 2.20. The molecule has 19 heavy (non-hydrogen) atoms. The average molecular weight is 285 g/mol. The number of carbonyl (C=O) groups is 1. The normalized spacial score (nSPS) is 17.2. The Labute approximate surface area is 117 Å². The van der Waals surface area contributed by atoms with E-state index in [0.29, 0.717) is 11.7 Å². The van der Waals surface area contributed by atoms with Crippen LogP contribution in [0.25, 0.3) is 0 Å². The maximum Gasteiger partial charge on any atom is 0.242 e. The van der Waals surface area contributed by atoms with Gasteiger partial charge in [-0.3, -0.25) is 4.79 Å². The van der Waals surface area contributed by atoms with Gasteiger partial charge in [-0.25, -0.2) is 4.39 Å². The molecule has 1 aromatic rings. The molecule has 2 rings (SSSR count). The molecule has 1 aromatic carbocycles. The average Bonchev–Trinajstić information content (AvgIpc) is 2.86. The van der Waals surface area contributed by atoms with Crippen LogP contribution in [0.4, 0.5) is 10.1 Å². The molecule has 1 fully saturated rings. The number of nitrogens with one attached hydrogen (secondary N) is 2. The van der Waals surface area contributed by atoms with Crippen LogP contribution in [0.15, 0.2) is 18.2 Å². The Morgan fingerprint density at radius 2 is 2.11 bits per heavy atom. The Morgan fingerprint density at radius 1 is 1.42 bits per heavy atom. The SMILES string of the molecule is CC(Nc1ccc(F)c(Cl)c1)C(=O)NC1CCCC1. The van der Waals surface area contributed by atoms with Gasteiger partial charge in [0.15, 0.2) is 0 Å². The van der Waals surface area contributed by atoms with Gasteiger partial charge < -0.3 is 10.6 Å². The predicted octanol–water partition coefficient (Wildman–Crippen LogP) is 3.34. The van der Waals surface area contributed by atoms with Crippen molar-refractivity contribution in [1.29, 1.82) is 0 Å². The molecular weight excluding hydrogens is 267 g/mol. The quantitative estimate of drug-likeness (QED) is 0.890. The van der Waals surface area contributed by atoms with E-state index in [0.717, 1.165) is 12.8 Å². The van der Waals surface area contributed by atoms with Gasteiger partial charge in [-0.1, -0.05) is 24.4 Å². The van der Waals surface area contributed by atoms with Crippen molar-refractivity contribution in [3.05, 3.63) is 29.0 Å². The van der Waals surface area contributed by atoms with Crippen LogP contribution >= 0.6 is 11.6 Å². The summed E-state index contributed by atoms with van der Waals surface area (Å²) in [7, 11) is 0. The molecule has 1 saturated carbocycles. The summed E-state index contributed by atoms with van der Waals surface area (Å²) in [5.74, 6) is -0.498. The fourth-order valence-corrected chi connectivity index (χ4v) is 2.48. The Bertz CT molecular complexity index is 461. The number of hydrogen-bond acceptors (Lipinski definition) is 2. The zero-order chi connectivity index (χ0) is 13.8. The largest absolute Gasteiger partial charge is 0.374 e. The lowest BCUT2D eigenvalue weighted by molar-refractivity contribution is -0.122. The van der Waals surface area contributed by atoms with Crippen LogP contribution < -0.4 is 10.6 Å². The summed E-state index contributed by atoms with van der Waals surface area (Å²) >= 11 is 5.70. The number of rotatable bonds is 4. The van der Waals surface area contributed by atoms with Crippen molar-refractivity contribution in [3.63, 3.8) is 0 Å². The van der Waals surface area contributed by atoms with Crippen molar-refractivity contribution in [2.45, 2.75) is 44.7 Å². The number of amides is 1. The molecule has 0 heterocycles. The first kappa shape index (κ1) is 14.1. The van der Waals surface area contributed by atoms with Crippen molar-refractivity contribution in [2.24, 2.45) is 0 Å². The molecule has 5 heteroatoms. The molecule has 0 bridgehead atoms. The number of carbonyl (C=O) groups excluding carboxylic acids is 1. The Hall–Kier alpha value is -1.29. The maximum atomic E-state index is 13.0. The van der Waals surface area contributed by atoms with E-state index in [1.165, 1.54) is 25.0 Å². The van der Waals surface area contributed by atoms with Crippen LogP contribution in [-0.4, -0.2) is 18.0 Å². The molecule has 0 aliphatic heterocycles. The van der Waals surface area contributed by atoms with Crippen molar-refractivity contribution in [3.8, 4) is 0 Å². The van der Waals surface area contributed by atoms with Gasteiger partial charge in [0.25, 0.3) is 0 Å². The lowest BCUT2D eigenvalue weighted by Gasteiger charge is -2.18. The second kappa shape index (κ2) is 6.24. The lowest BCUT2D eigenvalue weighted by atomic mass is 10.2.